The predicted octanol–water partition coefficient (Wildman–Crippen LogP) is 0.609. The normalized spacial score (nSPS) is 21.3. The number of aromatic amines is 1. The number of amides is 2. The molecule has 152 valence electrons. The van der Waals surface area contributed by atoms with Crippen molar-refractivity contribution in [3.8, 4) is 0 Å². The van der Waals surface area contributed by atoms with E-state index in [4.69, 9.17) is 0 Å². The highest BCUT2D eigenvalue weighted by Crippen LogP contribution is 2.18. The number of benzene rings is 1. The summed E-state index contributed by atoms with van der Waals surface area (Å²) >= 11 is 0. The van der Waals surface area contributed by atoms with Crippen LogP contribution in [0.5, 0.6) is 0 Å². The number of nitrogens with one attached hydrogen (secondary N) is 3. The maximum atomic E-state index is 12.8. The lowest BCUT2D eigenvalue weighted by Crippen LogP contribution is -2.50. The van der Waals surface area contributed by atoms with Crippen molar-refractivity contribution in [2.75, 3.05) is 39.3 Å². The molecule has 1 aromatic carbocycles. The van der Waals surface area contributed by atoms with Gasteiger partial charge in [0.05, 0.1) is 5.52 Å². The zero-order valence-corrected chi connectivity index (χ0v) is 16.8. The SMILES string of the molecule is CC(NC(=O)c1n[nH]c2ccccc12)C(=O)N1CCC(N2CCNCC2)C1.Cl. The Morgan fingerprint density at radius 3 is 2.75 bits per heavy atom. The molecule has 0 spiro atoms. The molecule has 0 radical (unpaired) electrons. The first kappa shape index (κ1) is 20.6. The molecule has 0 saturated carbocycles. The molecule has 2 aliphatic heterocycles. The quantitative estimate of drug-likeness (QED) is 0.691. The molecule has 4 rings (SSSR count). The van der Waals surface area contributed by atoms with Gasteiger partial charge in [0.15, 0.2) is 5.69 Å². The van der Waals surface area contributed by atoms with E-state index in [1.54, 1.807) is 6.92 Å². The summed E-state index contributed by atoms with van der Waals surface area (Å²) < 4.78 is 0. The van der Waals surface area contributed by atoms with Crippen LogP contribution in [0.2, 0.25) is 0 Å². The summed E-state index contributed by atoms with van der Waals surface area (Å²) in [5.74, 6) is -0.355. The molecule has 2 fully saturated rings. The largest absolute Gasteiger partial charge is 0.339 e. The fourth-order valence-electron chi connectivity index (χ4n) is 4.02. The topological polar surface area (TPSA) is 93.4 Å². The van der Waals surface area contributed by atoms with Gasteiger partial charge in [0.25, 0.3) is 5.91 Å². The first-order valence-electron chi connectivity index (χ1n) is 9.61. The lowest BCUT2D eigenvalue weighted by atomic mass is 10.2. The monoisotopic (exact) mass is 406 g/mol. The van der Waals surface area contributed by atoms with E-state index in [1.165, 1.54) is 0 Å². The van der Waals surface area contributed by atoms with Gasteiger partial charge in [-0.2, -0.15) is 5.10 Å². The van der Waals surface area contributed by atoms with E-state index in [1.807, 2.05) is 29.2 Å². The standard InChI is InChI=1S/C19H26N6O2.ClH/c1-13(21-18(26)17-15-4-2-3-5-16(15)22-23-17)19(27)25-9-6-14(12-25)24-10-7-20-8-11-24;/h2-5,13-14,20H,6-12H2,1H3,(H,21,26)(H,22,23);1H. The van der Waals surface area contributed by atoms with E-state index >= 15 is 0 Å². The van der Waals surface area contributed by atoms with Crippen LogP contribution in [0.1, 0.15) is 23.8 Å². The Kier molecular flexibility index (Phi) is 6.53. The van der Waals surface area contributed by atoms with Gasteiger partial charge in [0.1, 0.15) is 6.04 Å². The molecule has 2 saturated heterocycles. The van der Waals surface area contributed by atoms with Gasteiger partial charge in [-0.15, -0.1) is 12.4 Å². The number of likely N-dealkylation sites (tertiary alicyclic amines) is 1. The predicted molar refractivity (Wildman–Crippen MR) is 110 cm³/mol. The van der Waals surface area contributed by atoms with Gasteiger partial charge in [-0.1, -0.05) is 18.2 Å². The van der Waals surface area contributed by atoms with Gasteiger partial charge >= 0.3 is 0 Å². The number of rotatable bonds is 4. The molecule has 2 unspecified atom stereocenters. The summed E-state index contributed by atoms with van der Waals surface area (Å²) in [5, 5.41) is 13.9. The third-order valence-electron chi connectivity index (χ3n) is 5.55. The van der Waals surface area contributed by atoms with Crippen molar-refractivity contribution in [1.82, 2.24) is 30.6 Å². The third-order valence-corrected chi connectivity index (χ3v) is 5.55. The highest BCUT2D eigenvalue weighted by Gasteiger charge is 2.33. The number of para-hydroxylation sites is 1. The summed E-state index contributed by atoms with van der Waals surface area (Å²) in [6.07, 6.45) is 0.996. The molecular weight excluding hydrogens is 380 g/mol. The van der Waals surface area contributed by atoms with Crippen LogP contribution in [0.15, 0.2) is 24.3 Å². The minimum absolute atomic E-state index is 0. The Hall–Kier alpha value is -2.16. The molecular formula is C19H27ClN6O2. The fraction of sp³-hybridized carbons (Fsp3) is 0.526. The van der Waals surface area contributed by atoms with Crippen molar-refractivity contribution < 1.29 is 9.59 Å². The van der Waals surface area contributed by atoms with Gasteiger partial charge in [-0.25, -0.2) is 0 Å². The molecule has 2 atom stereocenters. The zero-order chi connectivity index (χ0) is 18.8. The molecule has 0 bridgehead atoms. The first-order chi connectivity index (χ1) is 13.1. The number of hydrogen-bond donors (Lipinski definition) is 3. The van der Waals surface area contributed by atoms with Crippen LogP contribution in [0.4, 0.5) is 0 Å². The van der Waals surface area contributed by atoms with Crippen LogP contribution >= 0.6 is 12.4 Å². The number of piperazine rings is 1. The van der Waals surface area contributed by atoms with Crippen LogP contribution in [-0.4, -0.2) is 83.2 Å². The lowest BCUT2D eigenvalue weighted by Gasteiger charge is -2.32. The van der Waals surface area contributed by atoms with Gasteiger partial charge < -0.3 is 15.5 Å². The first-order valence-corrected chi connectivity index (χ1v) is 9.61. The summed E-state index contributed by atoms with van der Waals surface area (Å²) in [6.45, 7) is 7.32. The van der Waals surface area contributed by atoms with Crippen LogP contribution in [0.3, 0.4) is 0 Å². The average Bonchev–Trinajstić information content (AvgIpc) is 3.35. The van der Waals surface area contributed by atoms with Crippen molar-refractivity contribution in [1.29, 1.82) is 0 Å². The van der Waals surface area contributed by atoms with Crippen molar-refractivity contribution >= 4 is 35.1 Å². The lowest BCUT2D eigenvalue weighted by molar-refractivity contribution is -0.131. The Morgan fingerprint density at radius 1 is 1.21 bits per heavy atom. The van der Waals surface area contributed by atoms with Crippen molar-refractivity contribution in [3.63, 3.8) is 0 Å². The van der Waals surface area contributed by atoms with E-state index in [0.717, 1.165) is 56.6 Å². The summed E-state index contributed by atoms with van der Waals surface area (Å²) in [7, 11) is 0. The second-order valence-electron chi connectivity index (χ2n) is 7.33. The van der Waals surface area contributed by atoms with E-state index in [-0.39, 0.29) is 24.2 Å². The number of nitrogens with zero attached hydrogens (tertiary/aromatic N) is 3. The number of fused-ring (bicyclic) bond motifs is 1. The number of carbonyl (C=O) groups excluding carboxylic acids is 2. The molecule has 1 aromatic heterocycles. The van der Waals surface area contributed by atoms with Crippen molar-refractivity contribution in [2.45, 2.75) is 25.4 Å². The van der Waals surface area contributed by atoms with E-state index < -0.39 is 6.04 Å². The fourth-order valence-corrected chi connectivity index (χ4v) is 4.02. The molecule has 2 aliphatic rings. The highest BCUT2D eigenvalue weighted by atomic mass is 35.5. The zero-order valence-electron chi connectivity index (χ0n) is 16.0. The molecule has 2 aromatic rings. The second kappa shape index (κ2) is 8.89. The van der Waals surface area contributed by atoms with E-state index in [0.29, 0.717) is 11.7 Å². The number of H-pyrrole nitrogens is 1. The summed E-state index contributed by atoms with van der Waals surface area (Å²) in [5.41, 5.74) is 1.13. The number of carbonyl (C=O) groups is 2. The number of halogens is 1. The van der Waals surface area contributed by atoms with Crippen LogP contribution < -0.4 is 10.6 Å². The molecule has 3 N–H and O–H groups in total. The third kappa shape index (κ3) is 4.14. The minimum Gasteiger partial charge on any atom is -0.339 e. The van der Waals surface area contributed by atoms with Gasteiger partial charge in [0.2, 0.25) is 5.91 Å². The number of hydrogen-bond acceptors (Lipinski definition) is 5. The van der Waals surface area contributed by atoms with Crippen molar-refractivity contribution in [3.05, 3.63) is 30.0 Å². The Morgan fingerprint density at radius 2 is 1.96 bits per heavy atom. The van der Waals surface area contributed by atoms with Crippen LogP contribution in [0, 0.1) is 0 Å². The molecule has 28 heavy (non-hydrogen) atoms. The smallest absolute Gasteiger partial charge is 0.273 e. The highest BCUT2D eigenvalue weighted by molar-refractivity contribution is 6.05. The molecule has 2 amide bonds. The Balaban J connectivity index is 0.00000225. The molecule has 9 heteroatoms. The summed E-state index contributed by atoms with van der Waals surface area (Å²) in [6, 6.07) is 7.32. The Labute approximate surface area is 170 Å². The van der Waals surface area contributed by atoms with Gasteiger partial charge in [-0.05, 0) is 19.4 Å². The maximum absolute atomic E-state index is 12.8. The van der Waals surface area contributed by atoms with Gasteiger partial charge in [0, 0.05) is 50.7 Å². The van der Waals surface area contributed by atoms with E-state index in [9.17, 15) is 9.59 Å². The number of aromatic nitrogens is 2. The minimum atomic E-state index is -0.574. The average molecular weight is 407 g/mol. The van der Waals surface area contributed by atoms with Gasteiger partial charge in [-0.3, -0.25) is 19.6 Å². The van der Waals surface area contributed by atoms with E-state index in [2.05, 4.69) is 25.7 Å². The van der Waals surface area contributed by atoms with Crippen molar-refractivity contribution in [2.24, 2.45) is 0 Å². The molecule has 8 nitrogen and oxygen atoms in total. The second-order valence-corrected chi connectivity index (χ2v) is 7.33. The molecule has 3 heterocycles. The van der Waals surface area contributed by atoms with Crippen LogP contribution in [0.25, 0.3) is 10.9 Å². The molecule has 0 aliphatic carbocycles. The maximum Gasteiger partial charge on any atom is 0.273 e. The Bertz CT molecular complexity index is 835. The summed E-state index contributed by atoms with van der Waals surface area (Å²) in [4.78, 5) is 29.7. The van der Waals surface area contributed by atoms with Crippen LogP contribution in [-0.2, 0) is 4.79 Å².